The molecule has 0 radical (unpaired) electrons. The second-order valence-electron chi connectivity index (χ2n) is 6.20. The van der Waals surface area contributed by atoms with Crippen LogP contribution in [0.5, 0.6) is 0 Å². The third-order valence-electron chi connectivity index (χ3n) is 4.28. The van der Waals surface area contributed by atoms with Crippen LogP contribution in [0.25, 0.3) is 16.8 Å². The SMILES string of the molecule is CCOCCNC(=O)c1cncn1-c1cccc(-c2ccccc2C(F)(F)F)c1. The highest BCUT2D eigenvalue weighted by atomic mass is 19.4. The van der Waals surface area contributed by atoms with Crippen LogP contribution >= 0.6 is 0 Å². The van der Waals surface area contributed by atoms with E-state index in [1.807, 2.05) is 6.92 Å². The molecule has 0 bridgehead atoms. The maximum atomic E-state index is 13.4. The molecule has 0 aliphatic heterocycles. The highest BCUT2D eigenvalue weighted by Crippen LogP contribution is 2.37. The maximum absolute atomic E-state index is 13.4. The number of carbonyl (C=O) groups is 1. The summed E-state index contributed by atoms with van der Waals surface area (Å²) in [6, 6.07) is 12.0. The topological polar surface area (TPSA) is 56.1 Å². The lowest BCUT2D eigenvalue weighted by Gasteiger charge is -2.14. The Morgan fingerprint density at radius 3 is 2.72 bits per heavy atom. The van der Waals surface area contributed by atoms with E-state index in [4.69, 9.17) is 4.74 Å². The number of alkyl halides is 3. The largest absolute Gasteiger partial charge is 0.417 e. The molecule has 5 nitrogen and oxygen atoms in total. The van der Waals surface area contributed by atoms with Crippen molar-refractivity contribution < 1.29 is 22.7 Å². The summed E-state index contributed by atoms with van der Waals surface area (Å²) in [6.07, 6.45) is -1.61. The zero-order valence-corrected chi connectivity index (χ0v) is 15.7. The minimum absolute atomic E-state index is 0.0738. The minimum Gasteiger partial charge on any atom is -0.380 e. The lowest BCUT2D eigenvalue weighted by molar-refractivity contribution is -0.137. The van der Waals surface area contributed by atoms with Gasteiger partial charge in [0.15, 0.2) is 0 Å². The molecule has 1 amide bonds. The summed E-state index contributed by atoms with van der Waals surface area (Å²) >= 11 is 0. The number of rotatable bonds is 7. The number of ether oxygens (including phenoxy) is 1. The second-order valence-corrected chi connectivity index (χ2v) is 6.20. The van der Waals surface area contributed by atoms with Gasteiger partial charge < -0.3 is 10.1 Å². The third-order valence-corrected chi connectivity index (χ3v) is 4.28. The molecule has 1 aromatic heterocycles. The summed E-state index contributed by atoms with van der Waals surface area (Å²) in [5.41, 5.74) is 0.572. The van der Waals surface area contributed by atoms with Crippen molar-refractivity contribution in [2.75, 3.05) is 19.8 Å². The number of hydrogen-bond acceptors (Lipinski definition) is 3. The lowest BCUT2D eigenvalue weighted by atomic mass is 9.99. The number of aromatic nitrogens is 2. The molecule has 0 fully saturated rings. The molecule has 1 N–H and O–H groups in total. The van der Waals surface area contributed by atoms with Gasteiger partial charge in [-0.15, -0.1) is 0 Å². The average molecular weight is 403 g/mol. The van der Waals surface area contributed by atoms with Gasteiger partial charge in [-0.1, -0.05) is 30.3 Å². The molecule has 0 spiro atoms. The third kappa shape index (κ3) is 4.83. The van der Waals surface area contributed by atoms with Crippen LogP contribution < -0.4 is 5.32 Å². The Labute approximate surface area is 166 Å². The molecule has 8 heteroatoms. The van der Waals surface area contributed by atoms with Gasteiger partial charge in [0.2, 0.25) is 0 Å². The molecule has 0 unspecified atom stereocenters. The van der Waals surface area contributed by atoms with Crippen LogP contribution in [0, 0.1) is 0 Å². The van der Waals surface area contributed by atoms with Crippen molar-refractivity contribution in [3.8, 4) is 16.8 Å². The van der Waals surface area contributed by atoms with E-state index in [2.05, 4.69) is 10.3 Å². The van der Waals surface area contributed by atoms with Gasteiger partial charge in [0.25, 0.3) is 5.91 Å². The van der Waals surface area contributed by atoms with Gasteiger partial charge in [0, 0.05) is 18.8 Å². The molecule has 0 saturated heterocycles. The van der Waals surface area contributed by atoms with E-state index in [1.165, 1.54) is 29.2 Å². The summed E-state index contributed by atoms with van der Waals surface area (Å²) in [5, 5.41) is 2.73. The maximum Gasteiger partial charge on any atom is 0.417 e. The monoisotopic (exact) mass is 403 g/mol. The zero-order valence-electron chi connectivity index (χ0n) is 15.7. The fraction of sp³-hybridized carbons (Fsp3) is 0.238. The summed E-state index contributed by atoms with van der Waals surface area (Å²) in [6.45, 7) is 3.15. The van der Waals surface area contributed by atoms with Gasteiger partial charge in [0.1, 0.15) is 5.69 Å². The summed E-state index contributed by atoms with van der Waals surface area (Å²) in [7, 11) is 0. The van der Waals surface area contributed by atoms with E-state index in [9.17, 15) is 18.0 Å². The highest BCUT2D eigenvalue weighted by molar-refractivity contribution is 5.93. The lowest BCUT2D eigenvalue weighted by Crippen LogP contribution is -2.28. The van der Waals surface area contributed by atoms with E-state index in [0.717, 1.165) is 6.07 Å². The molecular formula is C21H20F3N3O2. The van der Waals surface area contributed by atoms with E-state index in [-0.39, 0.29) is 17.2 Å². The molecule has 1 heterocycles. The van der Waals surface area contributed by atoms with Crippen molar-refractivity contribution in [3.63, 3.8) is 0 Å². The predicted octanol–water partition coefficient (Wildman–Crippen LogP) is 4.32. The van der Waals surface area contributed by atoms with Crippen molar-refractivity contribution >= 4 is 5.91 Å². The van der Waals surface area contributed by atoms with E-state index >= 15 is 0 Å². The molecule has 3 aromatic rings. The quantitative estimate of drug-likeness (QED) is 0.598. The van der Waals surface area contributed by atoms with Gasteiger partial charge in [-0.05, 0) is 36.2 Å². The van der Waals surface area contributed by atoms with Gasteiger partial charge in [-0.3, -0.25) is 9.36 Å². The normalized spacial score (nSPS) is 11.4. The second kappa shape index (κ2) is 8.91. The number of amides is 1. The molecule has 0 atom stereocenters. The van der Waals surface area contributed by atoms with Crippen LogP contribution in [0.4, 0.5) is 13.2 Å². The number of nitrogens with zero attached hydrogens (tertiary/aromatic N) is 2. The number of benzene rings is 2. The Kier molecular flexibility index (Phi) is 6.33. The first kappa shape index (κ1) is 20.6. The van der Waals surface area contributed by atoms with Crippen LogP contribution in [-0.4, -0.2) is 35.2 Å². The fourth-order valence-electron chi connectivity index (χ4n) is 2.95. The first-order chi connectivity index (χ1) is 13.9. The van der Waals surface area contributed by atoms with Crippen LogP contribution in [0.2, 0.25) is 0 Å². The zero-order chi connectivity index (χ0) is 20.9. The van der Waals surface area contributed by atoms with Crippen molar-refractivity contribution in [1.29, 1.82) is 0 Å². The van der Waals surface area contributed by atoms with E-state index in [0.29, 0.717) is 31.0 Å². The molecular weight excluding hydrogens is 383 g/mol. The Morgan fingerprint density at radius 1 is 1.17 bits per heavy atom. The first-order valence-electron chi connectivity index (χ1n) is 9.07. The fourth-order valence-corrected chi connectivity index (χ4v) is 2.95. The molecule has 3 rings (SSSR count). The number of halogens is 3. The van der Waals surface area contributed by atoms with Crippen molar-refractivity contribution in [2.45, 2.75) is 13.1 Å². The highest BCUT2D eigenvalue weighted by Gasteiger charge is 2.33. The van der Waals surface area contributed by atoms with Crippen LogP contribution in [0.15, 0.2) is 61.1 Å². The Morgan fingerprint density at radius 2 is 1.97 bits per heavy atom. The Bertz CT molecular complexity index is 983. The van der Waals surface area contributed by atoms with Gasteiger partial charge in [-0.2, -0.15) is 13.2 Å². The summed E-state index contributed by atoms with van der Waals surface area (Å²) in [5.74, 6) is -0.344. The Balaban J connectivity index is 1.91. The van der Waals surface area contributed by atoms with Crippen molar-refractivity contribution in [2.24, 2.45) is 0 Å². The van der Waals surface area contributed by atoms with Gasteiger partial charge in [-0.25, -0.2) is 4.98 Å². The predicted molar refractivity (Wildman–Crippen MR) is 103 cm³/mol. The first-order valence-corrected chi connectivity index (χ1v) is 9.07. The van der Waals surface area contributed by atoms with Crippen LogP contribution in [-0.2, 0) is 10.9 Å². The standard InChI is InChI=1S/C21H20F3N3O2/c1-2-29-11-10-26-20(28)19-13-25-14-27(19)16-7-5-6-15(12-16)17-8-3-4-9-18(17)21(22,23)24/h3-9,12-14H,2,10-11H2,1H3,(H,26,28). The summed E-state index contributed by atoms with van der Waals surface area (Å²) in [4.78, 5) is 16.4. The molecule has 0 aliphatic rings. The van der Waals surface area contributed by atoms with Crippen LogP contribution in [0.1, 0.15) is 23.0 Å². The number of imidazole rings is 1. The number of hydrogen-bond donors (Lipinski definition) is 1. The molecule has 2 aromatic carbocycles. The van der Waals surface area contributed by atoms with Gasteiger partial charge >= 0.3 is 6.18 Å². The van der Waals surface area contributed by atoms with Crippen molar-refractivity contribution in [3.05, 3.63) is 72.3 Å². The minimum atomic E-state index is -4.47. The average Bonchev–Trinajstić information content (AvgIpc) is 3.21. The Hall–Kier alpha value is -3.13. The molecule has 0 saturated carbocycles. The van der Waals surface area contributed by atoms with E-state index in [1.54, 1.807) is 30.3 Å². The van der Waals surface area contributed by atoms with Crippen LogP contribution in [0.3, 0.4) is 0 Å². The summed E-state index contributed by atoms with van der Waals surface area (Å²) < 4.78 is 46.8. The number of nitrogens with one attached hydrogen (secondary N) is 1. The van der Waals surface area contributed by atoms with E-state index < -0.39 is 11.7 Å². The van der Waals surface area contributed by atoms with Crippen molar-refractivity contribution in [1.82, 2.24) is 14.9 Å². The molecule has 29 heavy (non-hydrogen) atoms. The molecule has 0 aliphatic carbocycles. The smallest absolute Gasteiger partial charge is 0.380 e. The van der Waals surface area contributed by atoms with Gasteiger partial charge in [0.05, 0.1) is 24.7 Å². The number of carbonyl (C=O) groups excluding carboxylic acids is 1. The molecule has 152 valence electrons.